The summed E-state index contributed by atoms with van der Waals surface area (Å²) >= 11 is 0. The second-order valence-corrected chi connectivity index (χ2v) is 6.19. The molecule has 0 saturated carbocycles. The fraction of sp³-hybridized carbons (Fsp3) is 0.263. The molecule has 6 heteroatoms. The van der Waals surface area contributed by atoms with Crippen LogP contribution in [0.15, 0.2) is 53.2 Å². The zero-order valence-corrected chi connectivity index (χ0v) is 13.9. The maximum Gasteiger partial charge on any atom is 0.273 e. The van der Waals surface area contributed by atoms with E-state index in [0.29, 0.717) is 24.0 Å². The van der Waals surface area contributed by atoms with E-state index in [2.05, 4.69) is 15.1 Å². The number of rotatable bonds is 3. The van der Waals surface area contributed by atoms with Crippen molar-refractivity contribution in [1.29, 1.82) is 0 Å². The molecule has 1 aliphatic heterocycles. The topological polar surface area (TPSA) is 72.1 Å². The molecule has 0 aliphatic carbocycles. The van der Waals surface area contributed by atoms with Crippen LogP contribution in [0.5, 0.6) is 0 Å². The van der Waals surface area contributed by atoms with Crippen LogP contribution in [-0.2, 0) is 0 Å². The minimum atomic E-state index is -0.193. The highest BCUT2D eigenvalue weighted by molar-refractivity contribution is 5.92. The van der Waals surface area contributed by atoms with Gasteiger partial charge in [-0.2, -0.15) is 4.98 Å². The van der Waals surface area contributed by atoms with E-state index in [1.54, 1.807) is 23.2 Å². The highest BCUT2D eigenvalue weighted by Crippen LogP contribution is 2.33. The molecule has 25 heavy (non-hydrogen) atoms. The van der Waals surface area contributed by atoms with E-state index < -0.39 is 0 Å². The molecule has 0 N–H and O–H groups in total. The molecular formula is C19H18N4O2. The minimum Gasteiger partial charge on any atom is -0.337 e. The molecule has 1 aromatic carbocycles. The number of aromatic nitrogens is 3. The first-order valence-corrected chi connectivity index (χ1v) is 8.35. The summed E-state index contributed by atoms with van der Waals surface area (Å²) in [4.78, 5) is 23.2. The van der Waals surface area contributed by atoms with Gasteiger partial charge in [-0.15, -0.1) is 0 Å². The number of nitrogens with zero attached hydrogens (tertiary/aromatic N) is 4. The molecule has 0 spiro atoms. The Morgan fingerprint density at radius 1 is 1.20 bits per heavy atom. The van der Waals surface area contributed by atoms with E-state index in [-0.39, 0.29) is 11.9 Å². The normalized spacial score (nSPS) is 17.0. The predicted molar refractivity (Wildman–Crippen MR) is 91.7 cm³/mol. The van der Waals surface area contributed by atoms with Crippen LogP contribution in [0.2, 0.25) is 0 Å². The summed E-state index contributed by atoms with van der Waals surface area (Å²) in [6, 6.07) is 13.1. The first kappa shape index (κ1) is 15.5. The van der Waals surface area contributed by atoms with Crippen LogP contribution >= 0.6 is 0 Å². The average Bonchev–Trinajstić information content (AvgIpc) is 3.31. The van der Waals surface area contributed by atoms with Crippen molar-refractivity contribution in [2.75, 3.05) is 6.54 Å². The van der Waals surface area contributed by atoms with Crippen LogP contribution in [0.3, 0.4) is 0 Å². The number of aryl methyl sites for hydroxylation is 1. The van der Waals surface area contributed by atoms with Crippen molar-refractivity contribution in [2.45, 2.75) is 25.8 Å². The van der Waals surface area contributed by atoms with Crippen LogP contribution in [0.1, 0.15) is 40.8 Å². The third kappa shape index (κ3) is 3.03. The highest BCUT2D eigenvalue weighted by Gasteiger charge is 2.35. The number of amides is 1. The van der Waals surface area contributed by atoms with Crippen LogP contribution < -0.4 is 0 Å². The smallest absolute Gasteiger partial charge is 0.273 e. The number of hydrogen-bond acceptors (Lipinski definition) is 5. The molecule has 4 rings (SSSR count). The Bertz CT molecular complexity index is 874. The number of hydrogen-bond donors (Lipinski definition) is 0. The Kier molecular flexibility index (Phi) is 4.01. The minimum absolute atomic E-state index is 0.0989. The van der Waals surface area contributed by atoms with Gasteiger partial charge in [-0.05, 0) is 31.9 Å². The molecule has 126 valence electrons. The molecule has 1 amide bonds. The Morgan fingerprint density at radius 2 is 2.04 bits per heavy atom. The summed E-state index contributed by atoms with van der Waals surface area (Å²) in [7, 11) is 0. The Morgan fingerprint density at radius 3 is 2.80 bits per heavy atom. The van der Waals surface area contributed by atoms with Gasteiger partial charge in [0.25, 0.3) is 5.91 Å². The monoisotopic (exact) mass is 334 g/mol. The van der Waals surface area contributed by atoms with E-state index in [4.69, 9.17) is 4.52 Å². The van der Waals surface area contributed by atoms with Crippen molar-refractivity contribution < 1.29 is 9.32 Å². The SMILES string of the molecule is Cc1ccc(-c2noc(C3CCCN3C(=O)c3ccccn3)n2)cc1. The van der Waals surface area contributed by atoms with Gasteiger partial charge in [0.2, 0.25) is 11.7 Å². The zero-order valence-electron chi connectivity index (χ0n) is 13.9. The van der Waals surface area contributed by atoms with Crippen LogP contribution in [0.4, 0.5) is 0 Å². The molecule has 1 saturated heterocycles. The van der Waals surface area contributed by atoms with Gasteiger partial charge in [-0.3, -0.25) is 9.78 Å². The summed E-state index contributed by atoms with van der Waals surface area (Å²) in [6.07, 6.45) is 3.35. The molecule has 3 heterocycles. The van der Waals surface area contributed by atoms with E-state index in [0.717, 1.165) is 18.4 Å². The molecule has 1 aliphatic rings. The van der Waals surface area contributed by atoms with Crippen LogP contribution in [0, 0.1) is 6.92 Å². The van der Waals surface area contributed by atoms with Crippen molar-refractivity contribution in [1.82, 2.24) is 20.0 Å². The molecule has 3 aromatic rings. The first-order valence-electron chi connectivity index (χ1n) is 8.35. The molecule has 0 radical (unpaired) electrons. The Balaban J connectivity index is 1.59. The standard InChI is InChI=1S/C19H18N4O2/c1-13-7-9-14(10-8-13)17-21-18(25-22-17)16-6-4-12-23(16)19(24)15-5-2-3-11-20-15/h2-3,5,7-11,16H,4,6,12H2,1H3. The maximum atomic E-state index is 12.7. The van der Waals surface area contributed by atoms with Gasteiger partial charge >= 0.3 is 0 Å². The van der Waals surface area contributed by atoms with Gasteiger partial charge in [-0.1, -0.05) is 41.1 Å². The molecule has 1 atom stereocenters. The van der Waals surface area contributed by atoms with Crippen LogP contribution in [0.25, 0.3) is 11.4 Å². The van der Waals surface area contributed by atoms with E-state index in [1.807, 2.05) is 37.3 Å². The predicted octanol–water partition coefficient (Wildman–Crippen LogP) is 3.42. The third-order valence-electron chi connectivity index (χ3n) is 4.43. The largest absolute Gasteiger partial charge is 0.337 e. The lowest BCUT2D eigenvalue weighted by atomic mass is 10.1. The summed E-state index contributed by atoms with van der Waals surface area (Å²) in [5.74, 6) is 0.933. The number of carbonyl (C=O) groups is 1. The third-order valence-corrected chi connectivity index (χ3v) is 4.43. The number of likely N-dealkylation sites (tertiary alicyclic amines) is 1. The summed E-state index contributed by atoms with van der Waals surface area (Å²) in [5, 5.41) is 4.09. The molecular weight excluding hydrogens is 316 g/mol. The van der Waals surface area contributed by atoms with E-state index in [9.17, 15) is 4.79 Å². The Hall–Kier alpha value is -3.02. The van der Waals surface area contributed by atoms with Crippen molar-refractivity contribution in [2.24, 2.45) is 0 Å². The number of pyridine rings is 1. The summed E-state index contributed by atoms with van der Waals surface area (Å²) in [6.45, 7) is 2.70. The zero-order chi connectivity index (χ0) is 17.2. The van der Waals surface area contributed by atoms with Crippen molar-refractivity contribution in [3.63, 3.8) is 0 Å². The van der Waals surface area contributed by atoms with E-state index in [1.165, 1.54) is 5.56 Å². The molecule has 1 unspecified atom stereocenters. The lowest BCUT2D eigenvalue weighted by molar-refractivity contribution is 0.0704. The quantitative estimate of drug-likeness (QED) is 0.734. The second-order valence-electron chi connectivity index (χ2n) is 6.19. The van der Waals surface area contributed by atoms with Gasteiger partial charge in [0.15, 0.2) is 0 Å². The van der Waals surface area contributed by atoms with Gasteiger partial charge in [-0.25, -0.2) is 0 Å². The molecule has 6 nitrogen and oxygen atoms in total. The average molecular weight is 334 g/mol. The summed E-state index contributed by atoms with van der Waals surface area (Å²) in [5.41, 5.74) is 2.52. The van der Waals surface area contributed by atoms with E-state index >= 15 is 0 Å². The fourth-order valence-electron chi connectivity index (χ4n) is 3.09. The fourth-order valence-corrected chi connectivity index (χ4v) is 3.09. The van der Waals surface area contributed by atoms with Crippen molar-refractivity contribution in [3.05, 3.63) is 65.8 Å². The number of carbonyl (C=O) groups excluding carboxylic acids is 1. The van der Waals surface area contributed by atoms with Gasteiger partial charge in [0.1, 0.15) is 11.7 Å². The molecule has 1 fully saturated rings. The van der Waals surface area contributed by atoms with Crippen molar-refractivity contribution in [3.8, 4) is 11.4 Å². The number of benzene rings is 1. The van der Waals surface area contributed by atoms with Gasteiger partial charge in [0, 0.05) is 18.3 Å². The molecule has 0 bridgehead atoms. The first-order chi connectivity index (χ1) is 12.2. The van der Waals surface area contributed by atoms with Gasteiger partial charge in [0.05, 0.1) is 0 Å². The molecule has 2 aromatic heterocycles. The lowest BCUT2D eigenvalue weighted by Gasteiger charge is -2.21. The lowest BCUT2D eigenvalue weighted by Crippen LogP contribution is -2.31. The maximum absolute atomic E-state index is 12.7. The van der Waals surface area contributed by atoms with Crippen LogP contribution in [-0.4, -0.2) is 32.5 Å². The van der Waals surface area contributed by atoms with Gasteiger partial charge < -0.3 is 9.42 Å². The van der Waals surface area contributed by atoms with Crippen molar-refractivity contribution >= 4 is 5.91 Å². The summed E-state index contributed by atoms with van der Waals surface area (Å²) < 4.78 is 5.47. The highest BCUT2D eigenvalue weighted by atomic mass is 16.5. The Labute approximate surface area is 145 Å². The second kappa shape index (κ2) is 6.47.